The Morgan fingerprint density at radius 3 is 1.83 bits per heavy atom. The second-order valence-corrected chi connectivity index (χ2v) is 10.9. The summed E-state index contributed by atoms with van der Waals surface area (Å²) < 4.78 is 8.28. The van der Waals surface area contributed by atoms with Crippen molar-refractivity contribution >= 4 is 5.78 Å². The first-order valence-corrected chi connectivity index (χ1v) is 14.7. The second-order valence-electron chi connectivity index (χ2n) is 10.9. The second kappa shape index (κ2) is 12.4. The molecule has 1 fully saturated rings. The molecule has 0 aliphatic heterocycles. The molecule has 0 atom stereocenters. The van der Waals surface area contributed by atoms with E-state index in [2.05, 4.69) is 102 Å². The van der Waals surface area contributed by atoms with Crippen molar-refractivity contribution in [1.29, 1.82) is 0 Å². The summed E-state index contributed by atoms with van der Waals surface area (Å²) in [6.45, 7) is 0.587. The van der Waals surface area contributed by atoms with E-state index >= 15 is 0 Å². The van der Waals surface area contributed by atoms with Crippen LogP contribution >= 0.6 is 0 Å². The minimum absolute atomic E-state index is 0.200. The SMILES string of the molecule is O=C(c1ccc(OCCCc2cn(C(c3ccccc3)(c3ccccc3)c3ccccc3)cn2)cc1)C1CCCC1. The van der Waals surface area contributed by atoms with Gasteiger partial charge in [0.2, 0.25) is 0 Å². The van der Waals surface area contributed by atoms with E-state index in [0.717, 1.165) is 42.7 Å². The zero-order valence-electron chi connectivity index (χ0n) is 23.4. The zero-order valence-corrected chi connectivity index (χ0v) is 23.4. The van der Waals surface area contributed by atoms with Crippen LogP contribution in [-0.4, -0.2) is 21.9 Å². The van der Waals surface area contributed by atoms with E-state index < -0.39 is 5.54 Å². The number of ether oxygens (including phenoxy) is 1. The van der Waals surface area contributed by atoms with Gasteiger partial charge in [-0.05, 0) is 66.6 Å². The summed E-state index contributed by atoms with van der Waals surface area (Å²) in [5, 5.41) is 0. The van der Waals surface area contributed by atoms with Crippen molar-refractivity contribution in [2.45, 2.75) is 44.1 Å². The normalized spacial score (nSPS) is 13.8. The fourth-order valence-electron chi connectivity index (χ4n) is 6.24. The predicted octanol–water partition coefficient (Wildman–Crippen LogP) is 8.11. The highest BCUT2D eigenvalue weighted by atomic mass is 16.5. The number of ketones is 1. The van der Waals surface area contributed by atoms with Gasteiger partial charge in [0, 0.05) is 17.7 Å². The highest BCUT2D eigenvalue weighted by Crippen LogP contribution is 2.40. The first kappa shape index (κ1) is 26.8. The van der Waals surface area contributed by atoms with Crippen LogP contribution < -0.4 is 4.74 Å². The quantitative estimate of drug-likeness (QED) is 0.0966. The number of aromatic nitrogens is 2. The van der Waals surface area contributed by atoms with E-state index in [1.165, 1.54) is 29.5 Å². The van der Waals surface area contributed by atoms with Gasteiger partial charge >= 0.3 is 0 Å². The van der Waals surface area contributed by atoms with Crippen LogP contribution in [0, 0.1) is 5.92 Å². The topological polar surface area (TPSA) is 44.1 Å². The third-order valence-corrected chi connectivity index (χ3v) is 8.31. The average Bonchev–Trinajstić information content (AvgIpc) is 3.75. The molecule has 0 bridgehead atoms. The van der Waals surface area contributed by atoms with Crippen molar-refractivity contribution in [1.82, 2.24) is 9.55 Å². The molecule has 1 aliphatic rings. The summed E-state index contributed by atoms with van der Waals surface area (Å²) in [6.07, 6.45) is 10.2. The Morgan fingerprint density at radius 2 is 1.29 bits per heavy atom. The fraction of sp³-hybridized carbons (Fsp3) is 0.243. The van der Waals surface area contributed by atoms with Gasteiger partial charge in [-0.25, -0.2) is 4.98 Å². The van der Waals surface area contributed by atoms with E-state index in [-0.39, 0.29) is 11.7 Å². The highest BCUT2D eigenvalue weighted by Gasteiger charge is 2.38. The van der Waals surface area contributed by atoms with E-state index in [9.17, 15) is 4.79 Å². The summed E-state index contributed by atoms with van der Waals surface area (Å²) >= 11 is 0. The molecule has 4 nitrogen and oxygen atoms in total. The molecule has 1 aliphatic carbocycles. The van der Waals surface area contributed by atoms with Crippen LogP contribution in [0.3, 0.4) is 0 Å². The van der Waals surface area contributed by atoms with Crippen LogP contribution in [0.1, 0.15) is 64.8 Å². The summed E-state index contributed by atoms with van der Waals surface area (Å²) in [5.41, 5.74) is 4.81. The first-order valence-electron chi connectivity index (χ1n) is 14.7. The van der Waals surface area contributed by atoms with Crippen molar-refractivity contribution in [3.8, 4) is 5.75 Å². The average molecular weight is 541 g/mol. The van der Waals surface area contributed by atoms with Crippen LogP contribution in [0.15, 0.2) is 128 Å². The highest BCUT2D eigenvalue weighted by molar-refractivity contribution is 5.98. The largest absolute Gasteiger partial charge is 0.494 e. The summed E-state index contributed by atoms with van der Waals surface area (Å²) in [7, 11) is 0. The standard InChI is InChI=1S/C37H36N2O2/c40-36(29-13-10-11-14-29)30-22-24-35(25-23-30)41-26-12-21-34-27-39(28-38-34)37(31-15-4-1-5-16-31,32-17-6-2-7-18-32)33-19-8-3-9-20-33/h1-9,15-20,22-25,27-29H,10-14,21,26H2. The van der Waals surface area contributed by atoms with Gasteiger partial charge in [0.05, 0.1) is 18.6 Å². The van der Waals surface area contributed by atoms with Crippen molar-refractivity contribution < 1.29 is 9.53 Å². The molecular weight excluding hydrogens is 504 g/mol. The first-order chi connectivity index (χ1) is 20.2. The molecule has 1 aromatic heterocycles. The van der Waals surface area contributed by atoms with E-state index in [1.54, 1.807) is 0 Å². The number of benzene rings is 4. The molecule has 1 heterocycles. The number of nitrogens with zero attached hydrogens (tertiary/aromatic N) is 2. The smallest absolute Gasteiger partial charge is 0.165 e. The number of imidazole rings is 1. The lowest BCUT2D eigenvalue weighted by atomic mass is 9.77. The summed E-state index contributed by atoms with van der Waals surface area (Å²) in [6, 6.07) is 39.6. The lowest BCUT2D eigenvalue weighted by molar-refractivity contribution is 0.0923. The predicted molar refractivity (Wildman–Crippen MR) is 163 cm³/mol. The van der Waals surface area contributed by atoms with Gasteiger partial charge in [-0.1, -0.05) is 104 Å². The van der Waals surface area contributed by atoms with Crippen LogP contribution in [0.2, 0.25) is 0 Å². The maximum absolute atomic E-state index is 12.7. The number of carbonyl (C=O) groups is 1. The van der Waals surface area contributed by atoms with Crippen molar-refractivity contribution in [2.24, 2.45) is 5.92 Å². The molecule has 0 radical (unpaired) electrons. The minimum Gasteiger partial charge on any atom is -0.494 e. The van der Waals surface area contributed by atoms with Gasteiger partial charge in [-0.3, -0.25) is 4.79 Å². The van der Waals surface area contributed by atoms with Gasteiger partial charge in [0.15, 0.2) is 5.78 Å². The van der Waals surface area contributed by atoms with Crippen LogP contribution in [0.4, 0.5) is 0 Å². The zero-order chi connectivity index (χ0) is 27.9. The van der Waals surface area contributed by atoms with Crippen LogP contribution in [0.5, 0.6) is 5.75 Å². The Hall–Kier alpha value is -4.44. The molecule has 0 amide bonds. The summed E-state index contributed by atoms with van der Waals surface area (Å²) in [5.74, 6) is 1.28. The summed E-state index contributed by atoms with van der Waals surface area (Å²) in [4.78, 5) is 17.5. The molecule has 5 aromatic rings. The molecular formula is C37H36N2O2. The Balaban J connectivity index is 1.18. The molecule has 0 spiro atoms. The maximum atomic E-state index is 12.7. The van der Waals surface area contributed by atoms with Crippen molar-refractivity contribution in [3.63, 3.8) is 0 Å². The van der Waals surface area contributed by atoms with Gasteiger partial charge < -0.3 is 9.30 Å². The van der Waals surface area contributed by atoms with Gasteiger partial charge in [-0.15, -0.1) is 0 Å². The molecule has 206 valence electrons. The van der Waals surface area contributed by atoms with Crippen LogP contribution in [-0.2, 0) is 12.0 Å². The number of hydrogen-bond donors (Lipinski definition) is 0. The lowest BCUT2D eigenvalue weighted by Crippen LogP contribution is -2.36. The molecule has 41 heavy (non-hydrogen) atoms. The molecule has 1 saturated carbocycles. The number of hydrogen-bond acceptors (Lipinski definition) is 3. The third kappa shape index (κ3) is 5.60. The molecule has 4 heteroatoms. The molecule has 0 unspecified atom stereocenters. The van der Waals surface area contributed by atoms with E-state index in [1.807, 2.05) is 30.6 Å². The molecule has 6 rings (SSSR count). The molecule has 0 N–H and O–H groups in total. The maximum Gasteiger partial charge on any atom is 0.165 e. The fourth-order valence-corrected chi connectivity index (χ4v) is 6.24. The number of Topliss-reactive ketones (excluding diaryl/α,β-unsaturated/α-hetero) is 1. The Kier molecular flexibility index (Phi) is 8.09. The van der Waals surface area contributed by atoms with Gasteiger partial charge in [0.25, 0.3) is 0 Å². The lowest BCUT2D eigenvalue weighted by Gasteiger charge is -2.37. The number of rotatable bonds is 11. The number of aryl methyl sites for hydroxylation is 1. The Morgan fingerprint density at radius 1 is 0.756 bits per heavy atom. The van der Waals surface area contributed by atoms with E-state index in [0.29, 0.717) is 6.61 Å². The number of carbonyl (C=O) groups excluding carboxylic acids is 1. The molecule has 4 aromatic carbocycles. The Bertz CT molecular complexity index is 1440. The van der Waals surface area contributed by atoms with E-state index in [4.69, 9.17) is 9.72 Å². The minimum atomic E-state index is -0.552. The Labute approximate surface area is 242 Å². The third-order valence-electron chi connectivity index (χ3n) is 8.31. The van der Waals surface area contributed by atoms with Crippen LogP contribution in [0.25, 0.3) is 0 Å². The molecule has 0 saturated heterocycles. The van der Waals surface area contributed by atoms with Gasteiger partial charge in [-0.2, -0.15) is 0 Å². The van der Waals surface area contributed by atoms with Crippen molar-refractivity contribution in [3.05, 3.63) is 156 Å². The monoisotopic (exact) mass is 540 g/mol. The van der Waals surface area contributed by atoms with Crippen molar-refractivity contribution in [2.75, 3.05) is 6.61 Å². The van der Waals surface area contributed by atoms with Gasteiger partial charge in [0.1, 0.15) is 11.3 Å².